The summed E-state index contributed by atoms with van der Waals surface area (Å²) in [6.07, 6.45) is 5.87. The van der Waals surface area contributed by atoms with Gasteiger partial charge in [-0.1, -0.05) is 6.07 Å². The summed E-state index contributed by atoms with van der Waals surface area (Å²) in [5.74, 6) is 0.880. The second kappa shape index (κ2) is 6.81. The highest BCUT2D eigenvalue weighted by Gasteiger charge is 2.23. The fourth-order valence-electron chi connectivity index (χ4n) is 3.38. The summed E-state index contributed by atoms with van der Waals surface area (Å²) in [4.78, 5) is 11.1. The number of hydrogen-bond donors (Lipinski definition) is 2. The zero-order valence-corrected chi connectivity index (χ0v) is 14.2. The first kappa shape index (κ1) is 16.1. The van der Waals surface area contributed by atoms with Crippen LogP contribution in [0.3, 0.4) is 0 Å². The van der Waals surface area contributed by atoms with Crippen molar-refractivity contribution in [2.75, 3.05) is 19.4 Å². The van der Waals surface area contributed by atoms with E-state index in [9.17, 15) is 5.11 Å². The van der Waals surface area contributed by atoms with Gasteiger partial charge in [0, 0.05) is 17.5 Å². The van der Waals surface area contributed by atoms with Crippen molar-refractivity contribution in [3.63, 3.8) is 0 Å². The molecule has 2 N–H and O–H groups in total. The SMILES string of the molecule is C[C@H](O)c1ccc2ncnc(NC3CCC(N(C)C)CC3)c2c1. The first-order chi connectivity index (χ1) is 11.0. The largest absolute Gasteiger partial charge is 0.389 e. The van der Waals surface area contributed by atoms with E-state index in [1.807, 2.05) is 18.2 Å². The maximum atomic E-state index is 9.81. The zero-order chi connectivity index (χ0) is 16.4. The lowest BCUT2D eigenvalue weighted by atomic mass is 9.90. The molecule has 5 nitrogen and oxygen atoms in total. The van der Waals surface area contributed by atoms with Gasteiger partial charge in [0.05, 0.1) is 11.6 Å². The Morgan fingerprint density at radius 2 is 1.91 bits per heavy atom. The second-order valence-electron chi connectivity index (χ2n) is 6.79. The third kappa shape index (κ3) is 3.62. The summed E-state index contributed by atoms with van der Waals surface area (Å²) in [6.45, 7) is 1.78. The van der Waals surface area contributed by atoms with E-state index in [0.717, 1.165) is 35.1 Å². The van der Waals surface area contributed by atoms with E-state index in [1.165, 1.54) is 12.8 Å². The monoisotopic (exact) mass is 314 g/mol. The van der Waals surface area contributed by atoms with E-state index in [-0.39, 0.29) is 0 Å². The highest BCUT2D eigenvalue weighted by Crippen LogP contribution is 2.28. The minimum Gasteiger partial charge on any atom is -0.389 e. The van der Waals surface area contributed by atoms with Crippen LogP contribution < -0.4 is 5.32 Å². The van der Waals surface area contributed by atoms with Gasteiger partial charge < -0.3 is 15.3 Å². The molecular weight excluding hydrogens is 288 g/mol. The molecular formula is C18H26N4O. The number of aromatic nitrogens is 2. The summed E-state index contributed by atoms with van der Waals surface area (Å²) in [5.41, 5.74) is 1.81. The predicted molar refractivity (Wildman–Crippen MR) is 93.5 cm³/mol. The molecule has 1 aromatic carbocycles. The molecule has 0 bridgehead atoms. The average Bonchev–Trinajstić information content (AvgIpc) is 2.55. The first-order valence-electron chi connectivity index (χ1n) is 8.40. The number of hydrogen-bond acceptors (Lipinski definition) is 5. The Kier molecular flexibility index (Phi) is 4.78. The molecule has 5 heteroatoms. The van der Waals surface area contributed by atoms with Crippen molar-refractivity contribution in [3.05, 3.63) is 30.1 Å². The molecule has 3 rings (SSSR count). The van der Waals surface area contributed by atoms with E-state index in [2.05, 4.69) is 34.3 Å². The molecule has 23 heavy (non-hydrogen) atoms. The number of nitrogens with one attached hydrogen (secondary N) is 1. The van der Waals surface area contributed by atoms with Gasteiger partial charge in [0.25, 0.3) is 0 Å². The summed E-state index contributed by atoms with van der Waals surface area (Å²) in [6, 6.07) is 7.02. The average molecular weight is 314 g/mol. The summed E-state index contributed by atoms with van der Waals surface area (Å²) >= 11 is 0. The van der Waals surface area contributed by atoms with Crippen molar-refractivity contribution in [3.8, 4) is 0 Å². The van der Waals surface area contributed by atoms with Crippen LogP contribution in [0, 0.1) is 0 Å². The molecule has 0 aliphatic heterocycles. The summed E-state index contributed by atoms with van der Waals surface area (Å²) in [7, 11) is 4.32. The molecule has 1 aliphatic rings. The fraction of sp³-hybridized carbons (Fsp3) is 0.556. The Labute approximate surface area is 137 Å². The summed E-state index contributed by atoms with van der Waals surface area (Å²) in [5, 5.41) is 14.4. The van der Waals surface area contributed by atoms with Crippen molar-refractivity contribution in [1.29, 1.82) is 0 Å². The van der Waals surface area contributed by atoms with Crippen LogP contribution in [0.1, 0.15) is 44.3 Å². The molecule has 0 amide bonds. The standard InChI is InChI=1S/C18H26N4O/c1-12(23)13-4-9-17-16(10-13)18(20-11-19-17)21-14-5-7-15(8-6-14)22(2)3/h4,9-12,14-15,23H,5-8H2,1-3H3,(H,19,20,21)/t12-,14?,15?/m0/s1. The van der Waals surface area contributed by atoms with Gasteiger partial charge in [-0.25, -0.2) is 9.97 Å². The number of aliphatic hydroxyl groups is 1. The van der Waals surface area contributed by atoms with Gasteiger partial charge >= 0.3 is 0 Å². The van der Waals surface area contributed by atoms with Gasteiger partial charge in [0.2, 0.25) is 0 Å². The first-order valence-corrected chi connectivity index (χ1v) is 8.40. The molecule has 0 saturated heterocycles. The van der Waals surface area contributed by atoms with Crippen molar-refractivity contribution in [2.45, 2.75) is 50.8 Å². The van der Waals surface area contributed by atoms with E-state index in [0.29, 0.717) is 12.1 Å². The van der Waals surface area contributed by atoms with Crippen LogP contribution in [-0.4, -0.2) is 46.2 Å². The van der Waals surface area contributed by atoms with Crippen LogP contribution in [0.4, 0.5) is 5.82 Å². The van der Waals surface area contributed by atoms with Gasteiger partial charge in [-0.3, -0.25) is 0 Å². The molecule has 1 aliphatic carbocycles. The quantitative estimate of drug-likeness (QED) is 0.908. The number of benzene rings is 1. The zero-order valence-electron chi connectivity index (χ0n) is 14.2. The van der Waals surface area contributed by atoms with Crippen molar-refractivity contribution in [2.24, 2.45) is 0 Å². The number of nitrogens with zero attached hydrogens (tertiary/aromatic N) is 3. The molecule has 0 unspecified atom stereocenters. The van der Waals surface area contributed by atoms with E-state index in [1.54, 1.807) is 13.3 Å². The normalized spacial score (nSPS) is 23.2. The molecule has 2 aromatic rings. The third-order valence-corrected chi connectivity index (χ3v) is 4.91. The Hall–Kier alpha value is -1.72. The van der Waals surface area contributed by atoms with Gasteiger partial charge in [-0.05, 0) is 64.4 Å². The van der Waals surface area contributed by atoms with E-state index < -0.39 is 6.10 Å². The lowest BCUT2D eigenvalue weighted by Crippen LogP contribution is -2.36. The molecule has 1 aromatic heterocycles. The van der Waals surface area contributed by atoms with Gasteiger partial charge in [0.1, 0.15) is 12.1 Å². The molecule has 124 valence electrons. The third-order valence-electron chi connectivity index (χ3n) is 4.91. The van der Waals surface area contributed by atoms with Crippen molar-refractivity contribution in [1.82, 2.24) is 14.9 Å². The topological polar surface area (TPSA) is 61.3 Å². The van der Waals surface area contributed by atoms with E-state index >= 15 is 0 Å². The Morgan fingerprint density at radius 3 is 2.57 bits per heavy atom. The van der Waals surface area contributed by atoms with Crippen LogP contribution in [-0.2, 0) is 0 Å². The summed E-state index contributed by atoms with van der Waals surface area (Å²) < 4.78 is 0. The number of fused-ring (bicyclic) bond motifs is 1. The Bertz CT molecular complexity index is 663. The highest BCUT2D eigenvalue weighted by atomic mass is 16.3. The Balaban J connectivity index is 1.79. The maximum Gasteiger partial charge on any atom is 0.137 e. The highest BCUT2D eigenvalue weighted by molar-refractivity contribution is 5.89. The van der Waals surface area contributed by atoms with Gasteiger partial charge in [-0.2, -0.15) is 0 Å². The predicted octanol–water partition coefficient (Wildman–Crippen LogP) is 2.97. The second-order valence-corrected chi connectivity index (χ2v) is 6.79. The van der Waals surface area contributed by atoms with E-state index in [4.69, 9.17) is 0 Å². The van der Waals surface area contributed by atoms with Gasteiger partial charge in [-0.15, -0.1) is 0 Å². The molecule has 1 heterocycles. The van der Waals surface area contributed by atoms with Crippen LogP contribution in [0.2, 0.25) is 0 Å². The Morgan fingerprint density at radius 1 is 1.17 bits per heavy atom. The molecule has 1 atom stereocenters. The smallest absolute Gasteiger partial charge is 0.137 e. The van der Waals surface area contributed by atoms with Crippen LogP contribution >= 0.6 is 0 Å². The molecule has 1 saturated carbocycles. The number of rotatable bonds is 4. The molecule has 0 radical (unpaired) electrons. The van der Waals surface area contributed by atoms with Gasteiger partial charge in [0.15, 0.2) is 0 Å². The lowest BCUT2D eigenvalue weighted by molar-refractivity contribution is 0.199. The lowest BCUT2D eigenvalue weighted by Gasteiger charge is -2.33. The number of aliphatic hydroxyl groups excluding tert-OH is 1. The molecule has 0 spiro atoms. The minimum atomic E-state index is -0.483. The van der Waals surface area contributed by atoms with Crippen molar-refractivity contribution >= 4 is 16.7 Å². The maximum absolute atomic E-state index is 9.81. The van der Waals surface area contributed by atoms with Crippen LogP contribution in [0.15, 0.2) is 24.5 Å². The fourth-order valence-corrected chi connectivity index (χ4v) is 3.38. The molecule has 1 fully saturated rings. The number of anilines is 1. The van der Waals surface area contributed by atoms with Crippen molar-refractivity contribution < 1.29 is 5.11 Å². The minimum absolute atomic E-state index is 0.458. The van der Waals surface area contributed by atoms with Crippen LogP contribution in [0.25, 0.3) is 10.9 Å². The van der Waals surface area contributed by atoms with Crippen LogP contribution in [0.5, 0.6) is 0 Å².